The van der Waals surface area contributed by atoms with Crippen LogP contribution in [0.25, 0.3) is 0 Å². The maximum Gasteiger partial charge on any atom is 0.303 e. The lowest BCUT2D eigenvalue weighted by Crippen LogP contribution is -2.34. The first-order valence-electron chi connectivity index (χ1n) is 12.9. The van der Waals surface area contributed by atoms with E-state index in [0.717, 1.165) is 77.4 Å². The molecule has 2 unspecified atom stereocenters. The van der Waals surface area contributed by atoms with E-state index in [0.29, 0.717) is 18.9 Å². The molecular weight excluding hydrogens is 420 g/mol. The van der Waals surface area contributed by atoms with Crippen LogP contribution in [0.5, 0.6) is 0 Å². The molecule has 0 amide bonds. The summed E-state index contributed by atoms with van der Waals surface area (Å²) in [5.74, 6) is -0.00354. The van der Waals surface area contributed by atoms with Gasteiger partial charge in [-0.05, 0) is 64.3 Å². The molecule has 0 bridgehead atoms. The van der Waals surface area contributed by atoms with Gasteiger partial charge in [0, 0.05) is 12.8 Å². The Morgan fingerprint density at radius 2 is 1.58 bits per heavy atom. The maximum absolute atomic E-state index is 11.2. The number of nitrogens with zero attached hydrogens (tertiary/aromatic N) is 2. The molecular formula is C26H52N2O5. The zero-order chi connectivity index (χ0) is 25.5. The van der Waals surface area contributed by atoms with Crippen molar-refractivity contribution in [2.45, 2.75) is 91.9 Å². The number of aliphatic hydroxyl groups excluding tert-OH is 1. The van der Waals surface area contributed by atoms with Crippen molar-refractivity contribution in [3.05, 3.63) is 0 Å². The molecule has 7 heteroatoms. The lowest BCUT2D eigenvalue weighted by atomic mass is 9.93. The van der Waals surface area contributed by atoms with Crippen LogP contribution < -0.4 is 0 Å². The van der Waals surface area contributed by atoms with Crippen molar-refractivity contribution in [2.75, 3.05) is 46.4 Å². The monoisotopic (exact) mass is 472 g/mol. The number of ketones is 1. The fourth-order valence-corrected chi connectivity index (χ4v) is 3.89. The molecule has 0 aromatic rings. The molecule has 0 aromatic heterocycles. The van der Waals surface area contributed by atoms with Crippen LogP contribution in [0.1, 0.15) is 91.9 Å². The highest BCUT2D eigenvalue weighted by Gasteiger charge is 2.10. The maximum atomic E-state index is 11.2. The van der Waals surface area contributed by atoms with Crippen LogP contribution in [-0.2, 0) is 14.4 Å². The van der Waals surface area contributed by atoms with Crippen molar-refractivity contribution < 1.29 is 24.6 Å². The molecule has 0 heterocycles. The highest BCUT2D eigenvalue weighted by atomic mass is 16.4. The van der Waals surface area contributed by atoms with Crippen molar-refractivity contribution >= 4 is 18.0 Å². The zero-order valence-corrected chi connectivity index (χ0v) is 22.1. The Morgan fingerprint density at radius 3 is 2.09 bits per heavy atom. The Morgan fingerprint density at radius 1 is 0.939 bits per heavy atom. The van der Waals surface area contributed by atoms with Crippen LogP contribution in [0, 0.1) is 11.8 Å². The number of unbranched alkanes of at least 4 members (excludes halogenated alkanes) is 1. The molecule has 7 nitrogen and oxygen atoms in total. The largest absolute Gasteiger partial charge is 0.481 e. The van der Waals surface area contributed by atoms with E-state index in [9.17, 15) is 14.4 Å². The van der Waals surface area contributed by atoms with E-state index in [-0.39, 0.29) is 24.7 Å². The van der Waals surface area contributed by atoms with Gasteiger partial charge in [-0.1, -0.05) is 59.8 Å². The molecule has 0 spiro atoms. The van der Waals surface area contributed by atoms with E-state index in [1.165, 1.54) is 6.42 Å². The van der Waals surface area contributed by atoms with Gasteiger partial charge in [0.1, 0.15) is 12.9 Å². The second kappa shape index (κ2) is 23.8. The summed E-state index contributed by atoms with van der Waals surface area (Å²) in [5.41, 5.74) is 0. The predicted octanol–water partition coefficient (Wildman–Crippen LogP) is 4.26. The number of carbonyl (C=O) groups excluding carboxylic acids is 2. The first kappa shape index (κ1) is 33.9. The Kier molecular flexibility index (Phi) is 24.5. The smallest absolute Gasteiger partial charge is 0.303 e. The van der Waals surface area contributed by atoms with Crippen LogP contribution in [-0.4, -0.2) is 84.4 Å². The summed E-state index contributed by atoms with van der Waals surface area (Å²) in [7, 11) is 2.13. The average molecular weight is 473 g/mol. The van der Waals surface area contributed by atoms with Gasteiger partial charge in [0.15, 0.2) is 5.78 Å². The molecule has 0 rings (SSSR count). The summed E-state index contributed by atoms with van der Waals surface area (Å²) in [6.45, 7) is 12.5. The van der Waals surface area contributed by atoms with E-state index >= 15 is 0 Å². The Bertz CT molecular complexity index is 487. The average Bonchev–Trinajstić information content (AvgIpc) is 2.76. The molecule has 0 fully saturated rings. The van der Waals surface area contributed by atoms with Crippen LogP contribution >= 0.6 is 0 Å². The summed E-state index contributed by atoms with van der Waals surface area (Å²) in [6, 6.07) is 0. The third-order valence-electron chi connectivity index (χ3n) is 5.82. The highest BCUT2D eigenvalue weighted by molar-refractivity contribution is 5.81. The normalized spacial score (nSPS) is 12.8. The number of rotatable bonds is 21. The SMILES string of the molecule is CCC(CC=O)CCCCC(C)CC(=O)O.CCCN(C)CCCN(CCC)CC(=O)CO. The van der Waals surface area contributed by atoms with Crippen molar-refractivity contribution in [1.29, 1.82) is 0 Å². The van der Waals surface area contributed by atoms with E-state index in [2.05, 4.69) is 37.6 Å². The predicted molar refractivity (Wildman–Crippen MR) is 136 cm³/mol. The van der Waals surface area contributed by atoms with Crippen LogP contribution in [0.4, 0.5) is 0 Å². The molecule has 0 aromatic carbocycles. The molecule has 0 aliphatic heterocycles. The number of aldehydes is 1. The minimum Gasteiger partial charge on any atom is -0.481 e. The lowest BCUT2D eigenvalue weighted by Gasteiger charge is -2.22. The fraction of sp³-hybridized carbons (Fsp3) is 0.885. The zero-order valence-electron chi connectivity index (χ0n) is 22.1. The van der Waals surface area contributed by atoms with Gasteiger partial charge in [-0.15, -0.1) is 0 Å². The first-order chi connectivity index (χ1) is 15.7. The van der Waals surface area contributed by atoms with Crippen molar-refractivity contribution in [3.8, 4) is 0 Å². The van der Waals surface area contributed by atoms with E-state index < -0.39 is 5.97 Å². The second-order valence-corrected chi connectivity index (χ2v) is 9.29. The number of aliphatic carboxylic acids is 1. The number of hydrogen-bond acceptors (Lipinski definition) is 6. The molecule has 2 N–H and O–H groups in total. The Labute approximate surface area is 202 Å². The summed E-state index contributed by atoms with van der Waals surface area (Å²) in [6.07, 6.45) is 10.5. The number of hydrogen-bond donors (Lipinski definition) is 2. The molecule has 196 valence electrons. The van der Waals surface area contributed by atoms with E-state index in [4.69, 9.17) is 10.2 Å². The molecule has 2 atom stereocenters. The third kappa shape index (κ3) is 23.6. The van der Waals surface area contributed by atoms with Gasteiger partial charge >= 0.3 is 5.97 Å². The minimum absolute atomic E-state index is 0.0830. The fourth-order valence-electron chi connectivity index (χ4n) is 3.89. The number of carbonyl (C=O) groups is 3. The second-order valence-electron chi connectivity index (χ2n) is 9.29. The van der Waals surface area contributed by atoms with Crippen LogP contribution in [0.3, 0.4) is 0 Å². The molecule has 0 aliphatic carbocycles. The summed E-state index contributed by atoms with van der Waals surface area (Å²) in [4.78, 5) is 36.5. The molecule has 0 saturated carbocycles. The van der Waals surface area contributed by atoms with Crippen LogP contribution in [0.2, 0.25) is 0 Å². The highest BCUT2D eigenvalue weighted by Crippen LogP contribution is 2.18. The molecule has 33 heavy (non-hydrogen) atoms. The van der Waals surface area contributed by atoms with Gasteiger partial charge in [-0.2, -0.15) is 0 Å². The van der Waals surface area contributed by atoms with Gasteiger partial charge in [0.25, 0.3) is 0 Å². The van der Waals surface area contributed by atoms with Crippen molar-refractivity contribution in [3.63, 3.8) is 0 Å². The standard InChI is InChI=1S/C13H28N2O2.C13H24O3/c1-4-7-14(3)9-6-10-15(8-5-2)11-13(17)12-16;1-3-12(8-9-14)7-5-4-6-11(2)10-13(15)16/h16H,4-12H2,1-3H3;9,11-12H,3-8,10H2,1-2H3,(H,15,16). The van der Waals surface area contributed by atoms with Gasteiger partial charge in [-0.25, -0.2) is 0 Å². The molecule has 0 saturated heterocycles. The Hall–Kier alpha value is -1.31. The summed E-state index contributed by atoms with van der Waals surface area (Å²) >= 11 is 0. The van der Waals surface area contributed by atoms with Crippen LogP contribution in [0.15, 0.2) is 0 Å². The van der Waals surface area contributed by atoms with E-state index in [1.807, 2.05) is 6.92 Å². The Balaban J connectivity index is 0. The number of aliphatic hydroxyl groups is 1. The van der Waals surface area contributed by atoms with Crippen molar-refractivity contribution in [2.24, 2.45) is 11.8 Å². The van der Waals surface area contributed by atoms with Gasteiger partial charge in [0.05, 0.1) is 6.54 Å². The summed E-state index contributed by atoms with van der Waals surface area (Å²) in [5, 5.41) is 17.3. The topological polar surface area (TPSA) is 98.2 Å². The number of Topliss-reactive ketones (excluding diaryl/α,β-unsaturated/α-hetero) is 1. The quantitative estimate of drug-likeness (QED) is 0.190. The summed E-state index contributed by atoms with van der Waals surface area (Å²) < 4.78 is 0. The lowest BCUT2D eigenvalue weighted by molar-refractivity contribution is -0.138. The van der Waals surface area contributed by atoms with E-state index in [1.54, 1.807) is 0 Å². The van der Waals surface area contributed by atoms with Gasteiger partial charge in [-0.3, -0.25) is 14.5 Å². The molecule has 0 radical (unpaired) electrons. The number of carboxylic acids is 1. The number of carboxylic acid groups (broad SMARTS) is 1. The first-order valence-corrected chi connectivity index (χ1v) is 12.9. The van der Waals surface area contributed by atoms with Gasteiger partial charge < -0.3 is 19.9 Å². The van der Waals surface area contributed by atoms with Crippen molar-refractivity contribution in [1.82, 2.24) is 9.80 Å². The third-order valence-corrected chi connectivity index (χ3v) is 5.82. The minimum atomic E-state index is -0.708. The molecule has 0 aliphatic rings. The van der Waals surface area contributed by atoms with Gasteiger partial charge in [0.2, 0.25) is 0 Å².